The molecular weight excluding hydrogens is 445 g/mol. The van der Waals surface area contributed by atoms with Crippen LogP contribution >= 0.6 is 10.2 Å². The SMILES string of the molecule is CC[C@@H](NC(=O)c1cc(=O)[nH]c(-c2ncccn2)n1)c1ccc(S(F)(F)(F)(F)F)cc1. The zero-order valence-corrected chi connectivity index (χ0v) is 16.7. The first-order chi connectivity index (χ1) is 14.3. The van der Waals surface area contributed by atoms with Crippen LogP contribution in [0.15, 0.2) is 58.5 Å². The van der Waals surface area contributed by atoms with Gasteiger partial charge in [-0.2, -0.15) is 0 Å². The Balaban J connectivity index is 1.86. The van der Waals surface area contributed by atoms with Gasteiger partial charge in [0.25, 0.3) is 11.5 Å². The molecule has 0 aliphatic carbocycles. The summed E-state index contributed by atoms with van der Waals surface area (Å²) in [5.41, 5.74) is -0.734. The summed E-state index contributed by atoms with van der Waals surface area (Å²) in [5.74, 6) is -0.758. The van der Waals surface area contributed by atoms with Gasteiger partial charge in [0, 0.05) is 18.5 Å². The first-order valence-electron chi connectivity index (χ1n) is 8.80. The molecular formula is C18H16F5N5O2S. The summed E-state index contributed by atoms with van der Waals surface area (Å²) in [6.07, 6.45) is 3.07. The Hall–Kier alpha value is -3.35. The third-order valence-corrected chi connectivity index (χ3v) is 5.36. The normalized spacial score (nSPS) is 14.9. The zero-order valence-electron chi connectivity index (χ0n) is 15.9. The van der Waals surface area contributed by atoms with Crippen LogP contribution in [0, 0.1) is 0 Å². The zero-order chi connectivity index (χ0) is 22.9. The van der Waals surface area contributed by atoms with Crippen LogP contribution in [0.25, 0.3) is 11.6 Å². The van der Waals surface area contributed by atoms with Gasteiger partial charge in [-0.1, -0.05) is 38.5 Å². The minimum absolute atomic E-state index is 0.0495. The van der Waals surface area contributed by atoms with Crippen molar-refractivity contribution in [2.45, 2.75) is 24.3 Å². The molecule has 3 aromatic rings. The highest BCUT2D eigenvalue weighted by Crippen LogP contribution is 3.02. The molecule has 0 bridgehead atoms. The number of aromatic nitrogens is 4. The van der Waals surface area contributed by atoms with Crippen molar-refractivity contribution >= 4 is 16.1 Å². The average Bonchev–Trinajstić information content (AvgIpc) is 2.70. The van der Waals surface area contributed by atoms with Crippen LogP contribution in [0.5, 0.6) is 0 Å². The first-order valence-corrected chi connectivity index (χ1v) is 10.8. The van der Waals surface area contributed by atoms with Gasteiger partial charge < -0.3 is 10.3 Å². The van der Waals surface area contributed by atoms with Crippen LogP contribution in [0.1, 0.15) is 35.4 Å². The van der Waals surface area contributed by atoms with E-state index in [2.05, 4.69) is 25.3 Å². The molecule has 1 atom stereocenters. The topological polar surface area (TPSA) is 101 Å². The third kappa shape index (κ3) is 5.42. The molecule has 0 fully saturated rings. The van der Waals surface area contributed by atoms with E-state index in [1.807, 2.05) is 0 Å². The lowest BCUT2D eigenvalue weighted by atomic mass is 10.0. The van der Waals surface area contributed by atoms with Gasteiger partial charge in [0.1, 0.15) is 10.6 Å². The number of nitrogens with zero attached hydrogens (tertiary/aromatic N) is 3. The number of amides is 1. The highest BCUT2D eigenvalue weighted by molar-refractivity contribution is 8.45. The molecule has 0 unspecified atom stereocenters. The molecule has 2 aromatic heterocycles. The van der Waals surface area contributed by atoms with Crippen LogP contribution in [0.3, 0.4) is 0 Å². The maximum atomic E-state index is 12.9. The van der Waals surface area contributed by atoms with Gasteiger partial charge >= 0.3 is 10.2 Å². The lowest BCUT2D eigenvalue weighted by Gasteiger charge is -2.40. The van der Waals surface area contributed by atoms with E-state index in [9.17, 15) is 29.0 Å². The number of H-pyrrole nitrogens is 1. The molecule has 0 spiro atoms. The second-order valence-corrected chi connectivity index (χ2v) is 8.93. The average molecular weight is 461 g/mol. The summed E-state index contributed by atoms with van der Waals surface area (Å²) in [6, 6.07) is 3.98. The quantitative estimate of drug-likeness (QED) is 0.516. The summed E-state index contributed by atoms with van der Waals surface area (Å²) in [5, 5.41) is 2.53. The van der Waals surface area contributed by atoms with Crippen molar-refractivity contribution < 1.29 is 24.2 Å². The molecule has 1 amide bonds. The number of carbonyl (C=O) groups is 1. The minimum Gasteiger partial charge on any atom is -0.344 e. The highest BCUT2D eigenvalue weighted by atomic mass is 32.5. The van der Waals surface area contributed by atoms with Crippen molar-refractivity contribution in [1.29, 1.82) is 0 Å². The standard InChI is InChI=1S/C18H16F5N5O2S/c1-2-13(11-4-6-12(7-5-11)31(19,20,21,22)23)27-18(30)14-10-15(29)28-17(26-14)16-24-8-3-9-25-16/h3-10,13H,2H2,1H3,(H,27,30)(H,26,28,29)/t13-/m1/s1. The number of hydrogen-bond acceptors (Lipinski definition) is 5. The molecule has 0 aliphatic heterocycles. The Morgan fingerprint density at radius 3 is 2.26 bits per heavy atom. The van der Waals surface area contributed by atoms with Crippen molar-refractivity contribution in [2.24, 2.45) is 0 Å². The summed E-state index contributed by atoms with van der Waals surface area (Å²) in [4.78, 5) is 36.7. The second kappa shape index (κ2) is 7.11. The largest absolute Gasteiger partial charge is 0.344 e. The van der Waals surface area contributed by atoms with Crippen LogP contribution in [-0.2, 0) is 0 Å². The predicted octanol–water partition coefficient (Wildman–Crippen LogP) is 4.77. The molecule has 0 saturated carbocycles. The lowest BCUT2D eigenvalue weighted by molar-refractivity contribution is 0.0930. The van der Waals surface area contributed by atoms with Crippen molar-refractivity contribution in [3.05, 3.63) is 70.4 Å². The summed E-state index contributed by atoms with van der Waals surface area (Å²) >= 11 is 0. The second-order valence-electron chi connectivity index (χ2n) is 6.52. The monoisotopic (exact) mass is 461 g/mol. The predicted molar refractivity (Wildman–Crippen MR) is 104 cm³/mol. The van der Waals surface area contributed by atoms with Gasteiger partial charge in [0.05, 0.1) is 6.04 Å². The van der Waals surface area contributed by atoms with Gasteiger partial charge in [-0.25, -0.2) is 15.0 Å². The number of halogens is 5. The molecule has 2 heterocycles. The lowest BCUT2D eigenvalue weighted by Crippen LogP contribution is -2.30. The van der Waals surface area contributed by atoms with Crippen LogP contribution < -0.4 is 10.9 Å². The van der Waals surface area contributed by atoms with E-state index in [0.717, 1.165) is 18.2 Å². The van der Waals surface area contributed by atoms with Crippen LogP contribution in [0.2, 0.25) is 0 Å². The van der Waals surface area contributed by atoms with Crippen molar-refractivity contribution in [2.75, 3.05) is 0 Å². The minimum atomic E-state index is -9.79. The third-order valence-electron chi connectivity index (χ3n) is 4.19. The van der Waals surface area contributed by atoms with E-state index in [1.165, 1.54) is 12.4 Å². The number of carbonyl (C=O) groups excluding carboxylic acids is 1. The molecule has 166 valence electrons. The van der Waals surface area contributed by atoms with Crippen molar-refractivity contribution in [3.63, 3.8) is 0 Å². The summed E-state index contributed by atoms with van der Waals surface area (Å²) in [7, 11) is -9.79. The maximum absolute atomic E-state index is 12.9. The molecule has 7 nitrogen and oxygen atoms in total. The fourth-order valence-electron chi connectivity index (χ4n) is 2.71. The molecule has 1 aromatic carbocycles. The number of aromatic amines is 1. The molecule has 31 heavy (non-hydrogen) atoms. The molecule has 0 aliphatic rings. The summed E-state index contributed by atoms with van der Waals surface area (Å²) in [6.45, 7) is 1.64. The molecule has 0 saturated heterocycles. The fraction of sp³-hybridized carbons (Fsp3) is 0.167. The van der Waals surface area contributed by atoms with E-state index in [4.69, 9.17) is 0 Å². The van der Waals surface area contributed by atoms with Gasteiger partial charge in [-0.15, -0.1) is 0 Å². The van der Waals surface area contributed by atoms with Crippen LogP contribution in [-0.4, -0.2) is 25.8 Å². The Labute approximate surface area is 172 Å². The molecule has 3 rings (SSSR count). The van der Waals surface area contributed by atoms with Gasteiger partial charge in [-0.3, -0.25) is 9.59 Å². The Morgan fingerprint density at radius 1 is 1.10 bits per heavy atom. The Morgan fingerprint density at radius 2 is 1.71 bits per heavy atom. The molecule has 13 heteroatoms. The smallest absolute Gasteiger partial charge is 0.310 e. The van der Waals surface area contributed by atoms with Crippen molar-refractivity contribution in [3.8, 4) is 11.6 Å². The highest BCUT2D eigenvalue weighted by Gasteiger charge is 2.65. The Bertz CT molecular complexity index is 1170. The number of benzene rings is 1. The maximum Gasteiger partial charge on any atom is 0.310 e. The molecule has 0 radical (unpaired) electrons. The van der Waals surface area contributed by atoms with Gasteiger partial charge in [0.15, 0.2) is 11.6 Å². The first kappa shape index (κ1) is 22.3. The van der Waals surface area contributed by atoms with Gasteiger partial charge in [-0.05, 0) is 30.2 Å². The summed E-state index contributed by atoms with van der Waals surface area (Å²) < 4.78 is 64.4. The van der Waals surface area contributed by atoms with E-state index in [1.54, 1.807) is 13.0 Å². The number of nitrogens with one attached hydrogen (secondary N) is 2. The van der Waals surface area contributed by atoms with Gasteiger partial charge in [0.2, 0.25) is 0 Å². The molecule has 2 N–H and O–H groups in total. The van der Waals surface area contributed by atoms with E-state index >= 15 is 0 Å². The van der Waals surface area contributed by atoms with Crippen LogP contribution in [0.4, 0.5) is 19.4 Å². The Kier molecular flexibility index (Phi) is 5.13. The van der Waals surface area contributed by atoms with E-state index in [0.29, 0.717) is 0 Å². The number of hydrogen-bond donors (Lipinski definition) is 2. The van der Waals surface area contributed by atoms with E-state index in [-0.39, 0.29) is 41.5 Å². The fourth-order valence-corrected chi connectivity index (χ4v) is 3.36. The number of rotatable bonds is 6. The van der Waals surface area contributed by atoms with Crippen molar-refractivity contribution in [1.82, 2.24) is 25.3 Å². The van der Waals surface area contributed by atoms with E-state index < -0.39 is 32.6 Å².